The number of carbonyl (C=O) groups is 1. The number of sulfonamides is 1. The van der Waals surface area contributed by atoms with Crippen molar-refractivity contribution in [3.05, 3.63) is 87.1 Å². The Morgan fingerprint density at radius 3 is 2.22 bits per heavy atom. The van der Waals surface area contributed by atoms with E-state index in [9.17, 15) is 13.2 Å². The molecule has 1 atom stereocenters. The molecule has 3 rings (SSSR count). The molecule has 0 spiro atoms. The molecule has 0 fully saturated rings. The van der Waals surface area contributed by atoms with E-state index in [-0.39, 0.29) is 16.8 Å². The van der Waals surface area contributed by atoms with E-state index in [1.165, 1.54) is 31.3 Å². The molecule has 0 aliphatic rings. The molecular formula is C19H17ClN2O3S2. The van der Waals surface area contributed by atoms with Crippen LogP contribution < -0.4 is 10.0 Å². The largest absolute Gasteiger partial charge is 0.341 e. The van der Waals surface area contributed by atoms with Crippen molar-refractivity contribution in [3.8, 4) is 0 Å². The summed E-state index contributed by atoms with van der Waals surface area (Å²) in [7, 11) is -2.20. The number of amides is 1. The van der Waals surface area contributed by atoms with Crippen LogP contribution in [0.25, 0.3) is 0 Å². The van der Waals surface area contributed by atoms with Gasteiger partial charge in [0.05, 0.1) is 10.9 Å². The highest BCUT2D eigenvalue weighted by Crippen LogP contribution is 2.26. The Hall–Kier alpha value is -2.19. The van der Waals surface area contributed by atoms with Crippen molar-refractivity contribution in [2.45, 2.75) is 10.9 Å². The predicted molar refractivity (Wildman–Crippen MR) is 108 cm³/mol. The lowest BCUT2D eigenvalue weighted by molar-refractivity contribution is 0.0943. The van der Waals surface area contributed by atoms with Gasteiger partial charge in [-0.3, -0.25) is 4.79 Å². The van der Waals surface area contributed by atoms with Crippen molar-refractivity contribution in [2.75, 3.05) is 7.05 Å². The average Bonchev–Trinajstić information content (AvgIpc) is 3.21. The van der Waals surface area contributed by atoms with Gasteiger partial charge in [-0.2, -0.15) is 11.3 Å². The van der Waals surface area contributed by atoms with E-state index >= 15 is 0 Å². The molecule has 0 radical (unpaired) electrons. The van der Waals surface area contributed by atoms with Crippen LogP contribution in [0.2, 0.25) is 5.02 Å². The SMILES string of the molecule is CNS(=O)(=O)c1ccc(C(=O)NC(c2ccc(Cl)cc2)c2ccsc2)cc1. The van der Waals surface area contributed by atoms with Crippen LogP contribution in [0.1, 0.15) is 27.5 Å². The lowest BCUT2D eigenvalue weighted by Crippen LogP contribution is -2.29. The third kappa shape index (κ3) is 4.56. The fourth-order valence-electron chi connectivity index (χ4n) is 2.57. The summed E-state index contributed by atoms with van der Waals surface area (Å²) in [6.07, 6.45) is 0. The van der Waals surface area contributed by atoms with Gasteiger partial charge in [0.25, 0.3) is 5.91 Å². The maximum Gasteiger partial charge on any atom is 0.252 e. The number of hydrogen-bond acceptors (Lipinski definition) is 4. The first-order valence-corrected chi connectivity index (χ1v) is 10.8. The van der Waals surface area contributed by atoms with Crippen LogP contribution in [0, 0.1) is 0 Å². The van der Waals surface area contributed by atoms with Crippen molar-refractivity contribution in [3.63, 3.8) is 0 Å². The first-order chi connectivity index (χ1) is 12.9. The molecule has 0 saturated carbocycles. The Labute approximate surface area is 167 Å². The highest BCUT2D eigenvalue weighted by Gasteiger charge is 2.19. The van der Waals surface area contributed by atoms with Crippen LogP contribution in [-0.2, 0) is 10.0 Å². The second-order valence-corrected chi connectivity index (χ2v) is 8.85. The van der Waals surface area contributed by atoms with E-state index in [2.05, 4.69) is 10.0 Å². The number of halogens is 1. The van der Waals surface area contributed by atoms with Crippen molar-refractivity contribution < 1.29 is 13.2 Å². The van der Waals surface area contributed by atoms with Gasteiger partial charge in [-0.1, -0.05) is 23.7 Å². The smallest absolute Gasteiger partial charge is 0.252 e. The molecule has 0 aliphatic carbocycles. The zero-order valence-corrected chi connectivity index (χ0v) is 16.7. The monoisotopic (exact) mass is 420 g/mol. The van der Waals surface area contributed by atoms with Gasteiger partial charge in [-0.15, -0.1) is 0 Å². The van der Waals surface area contributed by atoms with Gasteiger partial charge in [0, 0.05) is 10.6 Å². The summed E-state index contributed by atoms with van der Waals surface area (Å²) >= 11 is 7.51. The minimum absolute atomic E-state index is 0.105. The highest BCUT2D eigenvalue weighted by atomic mass is 35.5. The van der Waals surface area contributed by atoms with Crippen LogP contribution >= 0.6 is 22.9 Å². The lowest BCUT2D eigenvalue weighted by atomic mass is 10.0. The van der Waals surface area contributed by atoms with Crippen molar-refractivity contribution in [1.82, 2.24) is 10.0 Å². The van der Waals surface area contributed by atoms with E-state index in [0.717, 1.165) is 11.1 Å². The molecule has 1 amide bonds. The zero-order valence-electron chi connectivity index (χ0n) is 14.3. The third-order valence-electron chi connectivity index (χ3n) is 4.05. The number of nitrogens with one attached hydrogen (secondary N) is 2. The van der Waals surface area contributed by atoms with Gasteiger partial charge in [-0.05, 0) is 71.4 Å². The van der Waals surface area contributed by atoms with E-state index < -0.39 is 10.0 Å². The Bertz CT molecular complexity index is 1020. The summed E-state index contributed by atoms with van der Waals surface area (Å²) < 4.78 is 25.9. The van der Waals surface area contributed by atoms with Crippen molar-refractivity contribution in [1.29, 1.82) is 0 Å². The standard InChI is InChI=1S/C19H17ClN2O3S2/c1-21-27(24,25)17-8-4-14(5-9-17)19(23)22-18(15-10-11-26-12-15)13-2-6-16(20)7-3-13/h2-12,18,21H,1H3,(H,22,23). The molecule has 140 valence electrons. The average molecular weight is 421 g/mol. The second kappa shape index (κ2) is 8.22. The Balaban J connectivity index is 1.86. The van der Waals surface area contributed by atoms with E-state index in [4.69, 9.17) is 11.6 Å². The Morgan fingerprint density at radius 2 is 1.67 bits per heavy atom. The number of rotatable bonds is 6. The second-order valence-electron chi connectivity index (χ2n) is 5.75. The maximum absolute atomic E-state index is 12.7. The normalized spacial score (nSPS) is 12.5. The number of thiophene rings is 1. The third-order valence-corrected chi connectivity index (χ3v) is 6.43. The van der Waals surface area contributed by atoms with Gasteiger partial charge < -0.3 is 5.32 Å². The molecule has 2 aromatic carbocycles. The van der Waals surface area contributed by atoms with Gasteiger partial charge in [-0.25, -0.2) is 13.1 Å². The van der Waals surface area contributed by atoms with E-state index in [1.54, 1.807) is 23.5 Å². The van der Waals surface area contributed by atoms with Crippen LogP contribution in [0.15, 0.2) is 70.3 Å². The van der Waals surface area contributed by atoms with E-state index in [0.29, 0.717) is 10.6 Å². The first kappa shape index (κ1) is 19.6. The molecule has 0 bridgehead atoms. The number of benzene rings is 2. The first-order valence-electron chi connectivity index (χ1n) is 8.03. The van der Waals surface area contributed by atoms with Gasteiger partial charge >= 0.3 is 0 Å². The predicted octanol–water partition coefficient (Wildman–Crippen LogP) is 3.83. The summed E-state index contributed by atoms with van der Waals surface area (Å²) in [5.74, 6) is -0.297. The van der Waals surface area contributed by atoms with Crippen LogP contribution in [0.3, 0.4) is 0 Å². The molecule has 1 aromatic heterocycles. The Kier molecular flexibility index (Phi) is 5.96. The quantitative estimate of drug-likeness (QED) is 0.636. The minimum atomic E-state index is -3.54. The molecule has 8 heteroatoms. The van der Waals surface area contributed by atoms with Crippen molar-refractivity contribution >= 4 is 38.9 Å². The molecule has 27 heavy (non-hydrogen) atoms. The van der Waals surface area contributed by atoms with Crippen LogP contribution in [0.4, 0.5) is 0 Å². The molecule has 3 aromatic rings. The van der Waals surface area contributed by atoms with Crippen molar-refractivity contribution in [2.24, 2.45) is 0 Å². The van der Waals surface area contributed by atoms with Gasteiger partial charge in [0.1, 0.15) is 0 Å². The summed E-state index contributed by atoms with van der Waals surface area (Å²) in [6.45, 7) is 0. The summed E-state index contributed by atoms with van der Waals surface area (Å²) in [5, 5.41) is 7.54. The van der Waals surface area contributed by atoms with Gasteiger partial charge in [0.15, 0.2) is 0 Å². The molecule has 2 N–H and O–H groups in total. The summed E-state index contributed by atoms with van der Waals surface area (Å²) in [4.78, 5) is 12.8. The molecule has 0 saturated heterocycles. The molecule has 1 heterocycles. The lowest BCUT2D eigenvalue weighted by Gasteiger charge is -2.19. The van der Waals surface area contributed by atoms with Crippen LogP contribution in [0.5, 0.6) is 0 Å². The topological polar surface area (TPSA) is 75.3 Å². The minimum Gasteiger partial charge on any atom is -0.341 e. The molecule has 5 nitrogen and oxygen atoms in total. The highest BCUT2D eigenvalue weighted by molar-refractivity contribution is 7.89. The fourth-order valence-corrected chi connectivity index (χ4v) is 4.11. The van der Waals surface area contributed by atoms with Gasteiger partial charge in [0.2, 0.25) is 10.0 Å². The molecule has 0 aliphatic heterocycles. The summed E-state index contributed by atoms with van der Waals surface area (Å²) in [5.41, 5.74) is 2.24. The molecular weight excluding hydrogens is 404 g/mol. The number of carbonyl (C=O) groups excluding carboxylic acids is 1. The zero-order chi connectivity index (χ0) is 19.4. The van der Waals surface area contributed by atoms with Crippen LogP contribution in [-0.4, -0.2) is 21.4 Å². The number of hydrogen-bond donors (Lipinski definition) is 2. The molecule has 1 unspecified atom stereocenters. The fraction of sp³-hybridized carbons (Fsp3) is 0.105. The maximum atomic E-state index is 12.7. The Morgan fingerprint density at radius 1 is 1.00 bits per heavy atom. The van der Waals surface area contributed by atoms with E-state index in [1.807, 2.05) is 29.0 Å². The summed E-state index contributed by atoms with van der Waals surface area (Å²) in [6, 6.07) is 14.7.